The summed E-state index contributed by atoms with van der Waals surface area (Å²) in [5, 5.41) is 0. The van der Waals surface area contributed by atoms with Crippen LogP contribution < -0.4 is 0 Å². The number of benzene rings is 1. The van der Waals surface area contributed by atoms with Crippen LogP contribution in [0.15, 0.2) is 18.2 Å². The van der Waals surface area contributed by atoms with Crippen LogP contribution in [-0.2, 0) is 6.42 Å². The third-order valence-corrected chi connectivity index (χ3v) is 8.79. The maximum atomic E-state index is 13.1. The lowest BCUT2D eigenvalue weighted by molar-refractivity contribution is 0.488. The van der Waals surface area contributed by atoms with Crippen LogP contribution in [0.1, 0.15) is 33.3 Å². The molecular formula is C14H22F2OSi. The van der Waals surface area contributed by atoms with Crippen molar-refractivity contribution in [1.29, 1.82) is 0 Å². The van der Waals surface area contributed by atoms with Gasteiger partial charge in [0, 0.05) is 6.07 Å². The molecule has 0 bridgehead atoms. The van der Waals surface area contributed by atoms with Crippen LogP contribution in [0.2, 0.25) is 17.1 Å². The number of hydrogen-bond acceptors (Lipinski definition) is 1. The molecule has 0 aliphatic heterocycles. The first-order valence-corrected chi connectivity index (χ1v) is 8.74. The highest BCUT2D eigenvalue weighted by molar-refractivity contribution is 6.75. The molecule has 1 aromatic carbocycles. The van der Waals surface area contributed by atoms with E-state index in [-0.39, 0.29) is 11.1 Å². The van der Waals surface area contributed by atoms with Crippen LogP contribution in [0, 0.1) is 11.6 Å². The van der Waals surface area contributed by atoms with E-state index in [0.29, 0.717) is 18.0 Å². The molecule has 0 amide bonds. The summed E-state index contributed by atoms with van der Waals surface area (Å²) < 4.78 is 26.1. The number of halogens is 2. The Morgan fingerprint density at radius 1 is 1.00 bits per heavy atom. The lowest BCUT2D eigenvalue weighted by Gasteiger charge is -2.33. The molecule has 0 fully saturated rings. The minimum Gasteiger partial charge on any atom is -0.431 e. The van der Waals surface area contributed by atoms with Gasteiger partial charge in [0.05, 0.1) is 0 Å². The number of rotatable bonds is 5. The summed E-state index contributed by atoms with van der Waals surface area (Å²) in [7, 11) is -2.37. The van der Waals surface area contributed by atoms with Gasteiger partial charge in [0.1, 0.15) is 11.6 Å². The van der Waals surface area contributed by atoms with Crippen LogP contribution in [0.25, 0.3) is 0 Å². The summed E-state index contributed by atoms with van der Waals surface area (Å²) in [5.74, 6) is -1.10. The second kappa shape index (κ2) is 5.93. The van der Waals surface area contributed by atoms with E-state index in [2.05, 4.69) is 0 Å². The van der Waals surface area contributed by atoms with Gasteiger partial charge < -0.3 is 4.80 Å². The van der Waals surface area contributed by atoms with Gasteiger partial charge in [0.25, 0.3) is 0 Å². The summed E-state index contributed by atoms with van der Waals surface area (Å²) in [6.45, 7) is 8.10. The summed E-state index contributed by atoms with van der Waals surface area (Å²) in [6, 6.07) is 4.21. The van der Waals surface area contributed by atoms with Crippen molar-refractivity contribution in [2.75, 3.05) is 0 Å². The van der Waals surface area contributed by atoms with Crippen molar-refractivity contribution in [3.8, 4) is 0 Å². The van der Waals surface area contributed by atoms with Crippen LogP contribution in [0.4, 0.5) is 8.78 Å². The Hall–Kier alpha value is -0.743. The predicted molar refractivity (Wildman–Crippen MR) is 73.0 cm³/mol. The van der Waals surface area contributed by atoms with E-state index in [9.17, 15) is 13.6 Å². The second-order valence-corrected chi connectivity index (χ2v) is 10.4. The number of hydrogen-bond donors (Lipinski definition) is 1. The molecule has 4 heteroatoms. The summed E-state index contributed by atoms with van der Waals surface area (Å²) in [5.41, 5.74) is 1.12. The fourth-order valence-electron chi connectivity index (χ4n) is 2.34. The highest BCUT2D eigenvalue weighted by atomic mass is 28.4. The fraction of sp³-hybridized carbons (Fsp3) is 0.571. The molecule has 0 unspecified atom stereocenters. The van der Waals surface area contributed by atoms with E-state index in [4.69, 9.17) is 0 Å². The first kappa shape index (κ1) is 15.3. The zero-order chi connectivity index (χ0) is 13.9. The van der Waals surface area contributed by atoms with Gasteiger partial charge in [-0.2, -0.15) is 0 Å². The fourth-order valence-corrected chi connectivity index (χ4v) is 5.52. The molecule has 0 radical (unpaired) electrons. The third kappa shape index (κ3) is 3.62. The van der Waals surface area contributed by atoms with Crippen molar-refractivity contribution in [1.82, 2.24) is 0 Å². The van der Waals surface area contributed by atoms with Gasteiger partial charge in [-0.3, -0.25) is 0 Å². The normalized spacial score (nSPS) is 12.5. The highest BCUT2D eigenvalue weighted by Gasteiger charge is 2.37. The van der Waals surface area contributed by atoms with Crippen molar-refractivity contribution in [2.24, 2.45) is 0 Å². The van der Waals surface area contributed by atoms with Crippen molar-refractivity contribution >= 4 is 8.32 Å². The molecule has 0 aliphatic carbocycles. The molecule has 1 nitrogen and oxygen atoms in total. The molecule has 18 heavy (non-hydrogen) atoms. The minimum atomic E-state index is -2.37. The SMILES string of the molecule is CC(C)[Si](O)(CCc1cc(F)cc(F)c1)C(C)C. The second-order valence-electron chi connectivity index (χ2n) is 5.58. The number of aryl methyl sites for hydroxylation is 1. The quantitative estimate of drug-likeness (QED) is 0.794. The van der Waals surface area contributed by atoms with Gasteiger partial charge in [0.2, 0.25) is 0 Å². The van der Waals surface area contributed by atoms with Gasteiger partial charge in [-0.25, -0.2) is 8.78 Å². The van der Waals surface area contributed by atoms with Crippen molar-refractivity contribution in [3.63, 3.8) is 0 Å². The van der Waals surface area contributed by atoms with Gasteiger partial charge in [0.15, 0.2) is 8.32 Å². The molecule has 0 atom stereocenters. The van der Waals surface area contributed by atoms with Crippen LogP contribution >= 0.6 is 0 Å². The van der Waals surface area contributed by atoms with Gasteiger partial charge in [-0.1, -0.05) is 27.7 Å². The molecule has 0 aliphatic rings. The molecule has 1 N–H and O–H groups in total. The van der Waals surface area contributed by atoms with Crippen molar-refractivity contribution in [2.45, 2.75) is 51.2 Å². The average Bonchev–Trinajstić information content (AvgIpc) is 2.23. The van der Waals surface area contributed by atoms with Crippen molar-refractivity contribution in [3.05, 3.63) is 35.4 Å². The van der Waals surface area contributed by atoms with E-state index in [1.54, 1.807) is 0 Å². The highest BCUT2D eigenvalue weighted by Crippen LogP contribution is 2.34. The Balaban J connectivity index is 2.79. The van der Waals surface area contributed by atoms with Gasteiger partial charge >= 0.3 is 0 Å². The molecule has 0 spiro atoms. The summed E-state index contributed by atoms with van der Waals surface area (Å²) >= 11 is 0. The zero-order valence-electron chi connectivity index (χ0n) is 11.5. The van der Waals surface area contributed by atoms with Crippen LogP contribution in [0.3, 0.4) is 0 Å². The maximum Gasteiger partial charge on any atom is 0.193 e. The van der Waals surface area contributed by atoms with Gasteiger partial charge in [-0.15, -0.1) is 0 Å². The Morgan fingerprint density at radius 2 is 1.44 bits per heavy atom. The van der Waals surface area contributed by atoms with E-state index >= 15 is 0 Å². The zero-order valence-corrected chi connectivity index (χ0v) is 12.5. The standard InChI is InChI=1S/C14H22F2OSi/c1-10(2)18(17,11(3)4)6-5-12-7-13(15)9-14(16)8-12/h7-11,17H,5-6H2,1-4H3. The molecule has 102 valence electrons. The maximum absolute atomic E-state index is 13.1. The van der Waals surface area contributed by atoms with Crippen LogP contribution in [-0.4, -0.2) is 13.1 Å². The molecule has 0 heterocycles. The Kier molecular flexibility index (Phi) is 5.05. The van der Waals surface area contributed by atoms with Crippen molar-refractivity contribution < 1.29 is 13.6 Å². The average molecular weight is 272 g/mol. The molecule has 0 aromatic heterocycles. The molecule has 0 saturated heterocycles. The lowest BCUT2D eigenvalue weighted by atomic mass is 10.2. The topological polar surface area (TPSA) is 20.2 Å². The summed E-state index contributed by atoms with van der Waals surface area (Å²) in [6.07, 6.45) is 0.535. The molecule has 1 aromatic rings. The first-order valence-electron chi connectivity index (χ1n) is 6.43. The predicted octanol–water partition coefficient (Wildman–Crippen LogP) is 4.27. The largest absolute Gasteiger partial charge is 0.431 e. The third-order valence-electron chi connectivity index (χ3n) is 3.74. The Bertz CT molecular complexity index is 377. The monoisotopic (exact) mass is 272 g/mol. The summed E-state index contributed by atoms with van der Waals surface area (Å²) in [4.78, 5) is 10.7. The van der Waals surface area contributed by atoms with E-state index in [0.717, 1.165) is 6.07 Å². The first-order chi connectivity index (χ1) is 8.25. The van der Waals surface area contributed by atoms with Gasteiger partial charge in [-0.05, 0) is 41.2 Å². The lowest BCUT2D eigenvalue weighted by Crippen LogP contribution is -2.41. The van der Waals surface area contributed by atoms with E-state index in [1.165, 1.54) is 12.1 Å². The minimum absolute atomic E-state index is 0.246. The van der Waals surface area contributed by atoms with Crippen LogP contribution in [0.5, 0.6) is 0 Å². The Morgan fingerprint density at radius 3 is 1.83 bits per heavy atom. The van der Waals surface area contributed by atoms with E-state index < -0.39 is 20.0 Å². The van der Waals surface area contributed by atoms with E-state index in [1.807, 2.05) is 27.7 Å². The molecular weight excluding hydrogens is 250 g/mol. The molecule has 1 rings (SSSR count). The Labute approximate surface area is 109 Å². The smallest absolute Gasteiger partial charge is 0.193 e. The molecule has 0 saturated carbocycles.